The first-order chi connectivity index (χ1) is 9.63. The Bertz CT molecular complexity index is 809. The Hall–Kier alpha value is -1.68. The molecule has 0 bridgehead atoms. The lowest BCUT2D eigenvalue weighted by atomic mass is 10.0. The fourth-order valence-electron chi connectivity index (χ4n) is 2.52. The van der Waals surface area contributed by atoms with Crippen molar-refractivity contribution in [3.63, 3.8) is 0 Å². The fourth-order valence-corrected chi connectivity index (χ4v) is 3.63. The number of aryl methyl sites for hydroxylation is 3. The molecule has 102 valence electrons. The number of imidazole rings is 1. The molecule has 4 rings (SSSR count). The minimum Gasteiger partial charge on any atom is -0.217 e. The molecular weight excluding hydrogens is 266 g/mol. The number of rotatable bonds is 2. The number of hydrogen-bond donors (Lipinski definition) is 0. The molecule has 2 heterocycles. The molecule has 0 unspecified atom stereocenters. The van der Waals surface area contributed by atoms with Crippen LogP contribution in [0.1, 0.15) is 40.6 Å². The molecule has 3 nitrogen and oxygen atoms in total. The van der Waals surface area contributed by atoms with Crippen LogP contribution in [0.3, 0.4) is 0 Å². The van der Waals surface area contributed by atoms with Gasteiger partial charge in [-0.1, -0.05) is 23.5 Å². The second kappa shape index (κ2) is 4.16. The van der Waals surface area contributed by atoms with Gasteiger partial charge in [0.15, 0.2) is 0 Å². The van der Waals surface area contributed by atoms with Gasteiger partial charge >= 0.3 is 0 Å². The van der Waals surface area contributed by atoms with Crippen molar-refractivity contribution in [1.82, 2.24) is 14.6 Å². The molecule has 1 aliphatic rings. The number of benzene rings is 1. The molecule has 4 heteroatoms. The highest BCUT2D eigenvalue weighted by atomic mass is 32.1. The molecule has 0 spiro atoms. The van der Waals surface area contributed by atoms with Gasteiger partial charge < -0.3 is 0 Å². The van der Waals surface area contributed by atoms with E-state index in [1.165, 1.54) is 34.5 Å². The summed E-state index contributed by atoms with van der Waals surface area (Å²) in [4.78, 5) is 5.83. The van der Waals surface area contributed by atoms with E-state index < -0.39 is 0 Å². The molecule has 1 fully saturated rings. The number of nitrogens with zero attached hydrogens (tertiary/aromatic N) is 3. The summed E-state index contributed by atoms with van der Waals surface area (Å²) in [6.07, 6.45) is 2.58. The Morgan fingerprint density at radius 2 is 1.95 bits per heavy atom. The summed E-state index contributed by atoms with van der Waals surface area (Å²) in [5.41, 5.74) is 6.03. The predicted molar refractivity (Wildman–Crippen MR) is 82.5 cm³/mol. The van der Waals surface area contributed by atoms with Gasteiger partial charge in [0.2, 0.25) is 4.96 Å². The Morgan fingerprint density at radius 1 is 1.15 bits per heavy atom. The van der Waals surface area contributed by atoms with Crippen LogP contribution >= 0.6 is 11.3 Å². The number of aromatic nitrogens is 3. The van der Waals surface area contributed by atoms with Crippen LogP contribution in [-0.4, -0.2) is 14.6 Å². The average Bonchev–Trinajstić information content (AvgIpc) is 3.12. The van der Waals surface area contributed by atoms with Crippen LogP contribution in [-0.2, 0) is 0 Å². The maximum absolute atomic E-state index is 4.80. The smallest absolute Gasteiger partial charge is 0.212 e. The van der Waals surface area contributed by atoms with Crippen molar-refractivity contribution in [3.8, 4) is 11.3 Å². The third kappa shape index (κ3) is 1.79. The quantitative estimate of drug-likeness (QED) is 0.703. The van der Waals surface area contributed by atoms with E-state index in [9.17, 15) is 0 Å². The van der Waals surface area contributed by atoms with Crippen LogP contribution in [0.2, 0.25) is 0 Å². The lowest BCUT2D eigenvalue weighted by Gasteiger charge is -2.03. The van der Waals surface area contributed by atoms with Crippen molar-refractivity contribution in [3.05, 3.63) is 40.0 Å². The van der Waals surface area contributed by atoms with Crippen LogP contribution in [0.5, 0.6) is 0 Å². The zero-order chi connectivity index (χ0) is 13.9. The maximum atomic E-state index is 4.80. The largest absolute Gasteiger partial charge is 0.217 e. The van der Waals surface area contributed by atoms with Crippen molar-refractivity contribution >= 4 is 16.3 Å². The van der Waals surface area contributed by atoms with Gasteiger partial charge in [0, 0.05) is 11.5 Å². The average molecular weight is 283 g/mol. The van der Waals surface area contributed by atoms with E-state index >= 15 is 0 Å². The topological polar surface area (TPSA) is 30.2 Å². The number of hydrogen-bond acceptors (Lipinski definition) is 3. The van der Waals surface area contributed by atoms with E-state index in [1.54, 1.807) is 11.3 Å². The molecule has 1 aromatic carbocycles. The van der Waals surface area contributed by atoms with Crippen molar-refractivity contribution in [2.75, 3.05) is 0 Å². The van der Waals surface area contributed by atoms with Gasteiger partial charge in [-0.05, 0) is 50.8 Å². The lowest BCUT2D eigenvalue weighted by molar-refractivity contribution is 0.877. The number of fused-ring (bicyclic) bond motifs is 1. The molecule has 0 atom stereocenters. The second-order valence-corrected chi connectivity index (χ2v) is 6.74. The third-order valence-corrected chi connectivity index (χ3v) is 5.22. The minimum absolute atomic E-state index is 0.700. The molecule has 0 saturated heterocycles. The first-order valence-electron chi connectivity index (χ1n) is 7.07. The highest BCUT2D eigenvalue weighted by Gasteiger charge is 2.28. The Kier molecular flexibility index (Phi) is 2.51. The molecule has 3 aromatic rings. The van der Waals surface area contributed by atoms with E-state index in [0.717, 1.165) is 16.3 Å². The molecule has 1 aliphatic carbocycles. The zero-order valence-electron chi connectivity index (χ0n) is 12.0. The molecular formula is C16H17N3S. The highest BCUT2D eigenvalue weighted by Crippen LogP contribution is 2.42. The maximum Gasteiger partial charge on any atom is 0.212 e. The van der Waals surface area contributed by atoms with E-state index in [4.69, 9.17) is 10.1 Å². The van der Waals surface area contributed by atoms with E-state index in [1.807, 2.05) is 4.52 Å². The first-order valence-corrected chi connectivity index (χ1v) is 7.89. The summed E-state index contributed by atoms with van der Waals surface area (Å²) < 4.78 is 2.02. The second-order valence-electron chi connectivity index (χ2n) is 5.75. The van der Waals surface area contributed by atoms with E-state index in [0.29, 0.717) is 5.92 Å². The van der Waals surface area contributed by atoms with Crippen LogP contribution in [0, 0.1) is 20.8 Å². The fraction of sp³-hybridized carbons (Fsp3) is 0.375. The van der Waals surface area contributed by atoms with Gasteiger partial charge in [-0.2, -0.15) is 5.10 Å². The van der Waals surface area contributed by atoms with E-state index in [-0.39, 0.29) is 0 Å². The van der Waals surface area contributed by atoms with Gasteiger partial charge in [0.25, 0.3) is 0 Å². The summed E-state index contributed by atoms with van der Waals surface area (Å²) in [5.74, 6) is 0.700. The Balaban J connectivity index is 1.84. The monoisotopic (exact) mass is 283 g/mol. The third-order valence-electron chi connectivity index (χ3n) is 4.15. The molecule has 0 N–H and O–H groups in total. The van der Waals surface area contributed by atoms with Crippen LogP contribution in [0.25, 0.3) is 16.2 Å². The normalized spacial score (nSPS) is 15.2. The standard InChI is InChI=1S/C16H17N3S/c1-9-4-5-13(8-10(9)2)14-11(3)19-16(17-14)20-15(18-19)12-6-7-12/h4-5,8,12H,6-7H2,1-3H3. The Morgan fingerprint density at radius 3 is 2.60 bits per heavy atom. The zero-order valence-corrected chi connectivity index (χ0v) is 12.8. The molecule has 0 amide bonds. The summed E-state index contributed by atoms with van der Waals surface area (Å²) in [6, 6.07) is 6.54. The van der Waals surface area contributed by atoms with Crippen molar-refractivity contribution in [1.29, 1.82) is 0 Å². The summed E-state index contributed by atoms with van der Waals surface area (Å²) in [7, 11) is 0. The van der Waals surface area contributed by atoms with Gasteiger partial charge in [-0.3, -0.25) is 0 Å². The molecule has 2 aromatic heterocycles. The summed E-state index contributed by atoms with van der Waals surface area (Å²) in [6.45, 7) is 6.40. The van der Waals surface area contributed by atoms with Gasteiger partial charge in [0.05, 0.1) is 11.4 Å². The molecule has 20 heavy (non-hydrogen) atoms. The summed E-state index contributed by atoms with van der Waals surface area (Å²) >= 11 is 1.75. The van der Waals surface area contributed by atoms with Crippen LogP contribution in [0.4, 0.5) is 0 Å². The van der Waals surface area contributed by atoms with Crippen molar-refractivity contribution < 1.29 is 0 Å². The molecule has 1 saturated carbocycles. The predicted octanol–water partition coefficient (Wildman–Crippen LogP) is 4.26. The first kappa shape index (κ1) is 12.1. The highest BCUT2D eigenvalue weighted by molar-refractivity contribution is 7.16. The van der Waals surface area contributed by atoms with Gasteiger partial charge in [-0.15, -0.1) is 0 Å². The van der Waals surface area contributed by atoms with Crippen LogP contribution < -0.4 is 0 Å². The lowest BCUT2D eigenvalue weighted by Crippen LogP contribution is -1.91. The van der Waals surface area contributed by atoms with Crippen molar-refractivity contribution in [2.24, 2.45) is 0 Å². The van der Waals surface area contributed by atoms with Crippen molar-refractivity contribution in [2.45, 2.75) is 39.5 Å². The molecule has 0 radical (unpaired) electrons. The van der Waals surface area contributed by atoms with Gasteiger partial charge in [-0.25, -0.2) is 9.50 Å². The SMILES string of the molecule is Cc1ccc(-c2nc3sc(C4CC4)nn3c2C)cc1C. The molecule has 0 aliphatic heterocycles. The van der Waals surface area contributed by atoms with E-state index in [2.05, 4.69) is 39.0 Å². The van der Waals surface area contributed by atoms with Gasteiger partial charge in [0.1, 0.15) is 5.01 Å². The van der Waals surface area contributed by atoms with Crippen LogP contribution in [0.15, 0.2) is 18.2 Å². The minimum atomic E-state index is 0.700. The summed E-state index contributed by atoms with van der Waals surface area (Å²) in [5, 5.41) is 5.99. The Labute approximate surface area is 122 Å².